The fraction of sp³-hybridized carbons (Fsp3) is 0.667. The van der Waals surface area contributed by atoms with Crippen molar-refractivity contribution in [3.05, 3.63) is 23.9 Å². The van der Waals surface area contributed by atoms with Crippen molar-refractivity contribution in [1.82, 2.24) is 10.3 Å². The van der Waals surface area contributed by atoms with Gasteiger partial charge >= 0.3 is 0 Å². The van der Waals surface area contributed by atoms with Gasteiger partial charge in [0.25, 0.3) is 0 Å². The van der Waals surface area contributed by atoms with Gasteiger partial charge in [-0.25, -0.2) is 4.98 Å². The zero-order valence-corrected chi connectivity index (χ0v) is 12.1. The lowest BCUT2D eigenvalue weighted by atomic mass is 10.3. The van der Waals surface area contributed by atoms with Crippen molar-refractivity contribution in [2.24, 2.45) is 0 Å². The zero-order valence-electron chi connectivity index (χ0n) is 12.1. The lowest BCUT2D eigenvalue weighted by Gasteiger charge is -2.23. The molecule has 0 aliphatic heterocycles. The molecule has 0 saturated heterocycles. The molecule has 0 aliphatic carbocycles. The molecule has 1 aromatic rings. The van der Waals surface area contributed by atoms with E-state index in [-0.39, 0.29) is 0 Å². The summed E-state index contributed by atoms with van der Waals surface area (Å²) in [7, 11) is 0. The van der Waals surface area contributed by atoms with Crippen molar-refractivity contribution in [2.45, 2.75) is 46.6 Å². The first kappa shape index (κ1) is 15.0. The largest absolute Gasteiger partial charge is 0.357 e. The molecule has 0 atom stereocenters. The lowest BCUT2D eigenvalue weighted by molar-refractivity contribution is 0.660. The lowest BCUT2D eigenvalue weighted by Crippen LogP contribution is -2.26. The molecule has 1 aromatic heterocycles. The summed E-state index contributed by atoms with van der Waals surface area (Å²) in [5, 5.41) is 3.40. The van der Waals surface area contributed by atoms with Gasteiger partial charge in [0.05, 0.1) is 5.69 Å². The molecular weight excluding hydrogens is 222 g/mol. The van der Waals surface area contributed by atoms with E-state index in [2.05, 4.69) is 49.2 Å². The van der Waals surface area contributed by atoms with Crippen LogP contribution in [-0.4, -0.2) is 24.6 Å². The van der Waals surface area contributed by atoms with E-state index in [0.717, 1.165) is 44.1 Å². The van der Waals surface area contributed by atoms with Gasteiger partial charge < -0.3 is 10.2 Å². The van der Waals surface area contributed by atoms with Crippen LogP contribution in [0.2, 0.25) is 0 Å². The Kier molecular flexibility index (Phi) is 7.42. The van der Waals surface area contributed by atoms with Crippen LogP contribution in [0.3, 0.4) is 0 Å². The maximum atomic E-state index is 4.75. The molecule has 0 spiro atoms. The summed E-state index contributed by atoms with van der Waals surface area (Å²) in [5.74, 6) is 1.12. The third kappa shape index (κ3) is 5.05. The Hall–Kier alpha value is -1.09. The number of nitrogens with one attached hydrogen (secondary N) is 1. The summed E-state index contributed by atoms with van der Waals surface area (Å²) < 4.78 is 0. The number of rotatable bonds is 9. The van der Waals surface area contributed by atoms with Crippen molar-refractivity contribution < 1.29 is 0 Å². The van der Waals surface area contributed by atoms with Gasteiger partial charge in [-0.2, -0.15) is 0 Å². The van der Waals surface area contributed by atoms with Crippen LogP contribution in [0.4, 0.5) is 5.82 Å². The zero-order chi connectivity index (χ0) is 13.2. The number of nitrogens with zero attached hydrogens (tertiary/aromatic N) is 2. The molecule has 0 fully saturated rings. The molecule has 0 unspecified atom stereocenters. The van der Waals surface area contributed by atoms with E-state index in [4.69, 9.17) is 4.98 Å². The molecule has 0 aliphatic rings. The summed E-state index contributed by atoms with van der Waals surface area (Å²) in [6.45, 7) is 10.7. The standard InChI is InChI=1S/C15H27N3/c1-4-10-16-13-14-8-7-9-15(17-14)18(11-5-2)12-6-3/h7-9,16H,4-6,10-13H2,1-3H3. The molecule has 102 valence electrons. The van der Waals surface area contributed by atoms with E-state index in [1.165, 1.54) is 12.8 Å². The van der Waals surface area contributed by atoms with Gasteiger partial charge in [0, 0.05) is 19.6 Å². The molecule has 0 aromatic carbocycles. The molecular formula is C15H27N3. The predicted octanol–water partition coefficient (Wildman–Crippen LogP) is 3.21. The van der Waals surface area contributed by atoms with Gasteiger partial charge in [0.2, 0.25) is 0 Å². The highest BCUT2D eigenvalue weighted by atomic mass is 15.2. The first-order chi connectivity index (χ1) is 8.81. The minimum absolute atomic E-state index is 0.869. The van der Waals surface area contributed by atoms with Gasteiger partial charge in [-0.15, -0.1) is 0 Å². The van der Waals surface area contributed by atoms with Crippen molar-refractivity contribution in [2.75, 3.05) is 24.5 Å². The van der Waals surface area contributed by atoms with Crippen molar-refractivity contribution in [3.8, 4) is 0 Å². The topological polar surface area (TPSA) is 28.2 Å². The van der Waals surface area contributed by atoms with Crippen molar-refractivity contribution in [1.29, 1.82) is 0 Å². The van der Waals surface area contributed by atoms with Crippen molar-refractivity contribution >= 4 is 5.82 Å². The van der Waals surface area contributed by atoms with E-state index >= 15 is 0 Å². The molecule has 3 heteroatoms. The van der Waals surface area contributed by atoms with Crippen LogP contribution in [0.1, 0.15) is 45.7 Å². The smallest absolute Gasteiger partial charge is 0.128 e. The monoisotopic (exact) mass is 249 g/mol. The molecule has 18 heavy (non-hydrogen) atoms. The maximum Gasteiger partial charge on any atom is 0.128 e. The molecule has 1 N–H and O–H groups in total. The number of aromatic nitrogens is 1. The highest BCUT2D eigenvalue weighted by Crippen LogP contribution is 2.12. The minimum atomic E-state index is 0.869. The second kappa shape index (κ2) is 8.92. The van der Waals surface area contributed by atoms with Crippen LogP contribution < -0.4 is 10.2 Å². The number of hydrogen-bond acceptors (Lipinski definition) is 3. The predicted molar refractivity (Wildman–Crippen MR) is 79.0 cm³/mol. The number of pyridine rings is 1. The second-order valence-corrected chi connectivity index (χ2v) is 4.65. The Balaban J connectivity index is 2.65. The quantitative estimate of drug-likeness (QED) is 0.681. The Morgan fingerprint density at radius 2 is 1.78 bits per heavy atom. The Morgan fingerprint density at radius 3 is 2.39 bits per heavy atom. The summed E-state index contributed by atoms with van der Waals surface area (Å²) in [6, 6.07) is 6.33. The van der Waals surface area contributed by atoms with Crippen LogP contribution in [0.25, 0.3) is 0 Å². The third-order valence-electron chi connectivity index (χ3n) is 2.84. The Bertz CT molecular complexity index is 319. The number of anilines is 1. The number of hydrogen-bond donors (Lipinski definition) is 1. The third-order valence-corrected chi connectivity index (χ3v) is 2.84. The maximum absolute atomic E-state index is 4.75. The van der Waals surface area contributed by atoms with Gasteiger partial charge in [0.1, 0.15) is 5.82 Å². The normalized spacial score (nSPS) is 10.6. The first-order valence-corrected chi connectivity index (χ1v) is 7.23. The molecule has 1 rings (SSSR count). The van der Waals surface area contributed by atoms with Crippen molar-refractivity contribution in [3.63, 3.8) is 0 Å². The van der Waals surface area contributed by atoms with E-state index in [0.29, 0.717) is 0 Å². The van der Waals surface area contributed by atoms with E-state index in [1.54, 1.807) is 0 Å². The van der Waals surface area contributed by atoms with E-state index in [9.17, 15) is 0 Å². The average Bonchev–Trinajstić information content (AvgIpc) is 2.39. The summed E-state index contributed by atoms with van der Waals surface area (Å²) in [4.78, 5) is 7.12. The highest BCUT2D eigenvalue weighted by molar-refractivity contribution is 5.39. The Labute approximate surface area is 112 Å². The van der Waals surface area contributed by atoms with Gasteiger partial charge in [0.15, 0.2) is 0 Å². The van der Waals surface area contributed by atoms with Crippen LogP contribution in [0.5, 0.6) is 0 Å². The molecule has 0 saturated carbocycles. The minimum Gasteiger partial charge on any atom is -0.357 e. The molecule has 1 heterocycles. The van der Waals surface area contributed by atoms with Crippen LogP contribution in [-0.2, 0) is 6.54 Å². The molecule has 0 radical (unpaired) electrons. The molecule has 0 amide bonds. The highest BCUT2D eigenvalue weighted by Gasteiger charge is 2.06. The first-order valence-electron chi connectivity index (χ1n) is 7.23. The average molecular weight is 249 g/mol. The SMILES string of the molecule is CCCNCc1cccc(N(CCC)CCC)n1. The fourth-order valence-corrected chi connectivity index (χ4v) is 2.02. The van der Waals surface area contributed by atoms with Crippen LogP contribution in [0, 0.1) is 0 Å². The van der Waals surface area contributed by atoms with Gasteiger partial charge in [-0.05, 0) is 37.9 Å². The second-order valence-electron chi connectivity index (χ2n) is 4.65. The summed E-state index contributed by atoms with van der Waals surface area (Å²) >= 11 is 0. The van der Waals surface area contributed by atoms with E-state index in [1.807, 2.05) is 0 Å². The Morgan fingerprint density at radius 1 is 1.06 bits per heavy atom. The molecule has 0 bridgehead atoms. The fourth-order valence-electron chi connectivity index (χ4n) is 2.02. The van der Waals surface area contributed by atoms with E-state index < -0.39 is 0 Å². The van der Waals surface area contributed by atoms with Gasteiger partial charge in [-0.3, -0.25) is 0 Å². The van der Waals surface area contributed by atoms with Crippen LogP contribution >= 0.6 is 0 Å². The molecule has 3 nitrogen and oxygen atoms in total. The van der Waals surface area contributed by atoms with Gasteiger partial charge in [-0.1, -0.05) is 26.8 Å². The summed E-state index contributed by atoms with van der Waals surface area (Å²) in [5.41, 5.74) is 1.14. The van der Waals surface area contributed by atoms with Crippen LogP contribution in [0.15, 0.2) is 18.2 Å². The summed E-state index contributed by atoms with van der Waals surface area (Å²) in [6.07, 6.45) is 3.50.